The van der Waals surface area contributed by atoms with Crippen LogP contribution >= 0.6 is 0 Å². The summed E-state index contributed by atoms with van der Waals surface area (Å²) in [6, 6.07) is 18.5. The zero-order valence-corrected chi connectivity index (χ0v) is 10.9. The van der Waals surface area contributed by atoms with Gasteiger partial charge in [0.05, 0.1) is 16.6 Å². The number of hydrogen-bond donors (Lipinski definition) is 1. The number of nitrogens with one attached hydrogen (secondary N) is 1. The highest BCUT2D eigenvalue weighted by Crippen LogP contribution is 2.35. The fourth-order valence-corrected chi connectivity index (χ4v) is 2.50. The van der Waals surface area contributed by atoms with Crippen LogP contribution in [0.4, 0.5) is 0 Å². The third kappa shape index (κ3) is 1.76. The van der Waals surface area contributed by atoms with Crippen molar-refractivity contribution in [3.8, 4) is 0 Å². The Labute approximate surface area is 112 Å². The topological polar surface area (TPSA) is 28.7 Å². The summed E-state index contributed by atoms with van der Waals surface area (Å²) in [5.74, 6) is 0. The Balaban J connectivity index is 2.25. The third-order valence-corrected chi connectivity index (χ3v) is 3.76. The van der Waals surface area contributed by atoms with Gasteiger partial charge in [0.25, 0.3) is 0 Å². The van der Waals surface area contributed by atoms with Gasteiger partial charge < -0.3 is 0 Å². The highest BCUT2D eigenvalue weighted by Gasteiger charge is 2.28. The van der Waals surface area contributed by atoms with Gasteiger partial charge in [-0.3, -0.25) is 5.10 Å². The molecule has 0 bridgehead atoms. The van der Waals surface area contributed by atoms with E-state index in [2.05, 4.69) is 54.0 Å². The fraction of sp³-hybridized carbons (Fsp3) is 0.118. The lowest BCUT2D eigenvalue weighted by molar-refractivity contribution is 0.696. The highest BCUT2D eigenvalue weighted by molar-refractivity contribution is 5.83. The standard InChI is InChI=1S/C17H16N2/c1-3-17(2,13-9-5-4-6-10-13)16-14-11-7-8-12-15(14)18-19-16/h3-12H,1H2,2H3,(H,18,19)/t17-/m1/s1. The molecule has 0 unspecified atom stereocenters. The second-order valence-electron chi connectivity index (χ2n) is 4.89. The number of rotatable bonds is 3. The van der Waals surface area contributed by atoms with Gasteiger partial charge in [0.2, 0.25) is 0 Å². The lowest BCUT2D eigenvalue weighted by Crippen LogP contribution is -2.21. The summed E-state index contributed by atoms with van der Waals surface area (Å²) in [5.41, 5.74) is 3.02. The number of aromatic amines is 1. The summed E-state index contributed by atoms with van der Waals surface area (Å²) in [6.07, 6.45) is 1.97. The molecule has 1 heterocycles. The average molecular weight is 248 g/mol. The minimum atomic E-state index is -0.267. The van der Waals surface area contributed by atoms with E-state index >= 15 is 0 Å². The number of H-pyrrole nitrogens is 1. The molecule has 2 nitrogen and oxygen atoms in total. The van der Waals surface area contributed by atoms with E-state index in [1.54, 1.807) is 0 Å². The first-order chi connectivity index (χ1) is 9.25. The number of hydrogen-bond acceptors (Lipinski definition) is 1. The van der Waals surface area contributed by atoms with Gasteiger partial charge in [0.15, 0.2) is 0 Å². The monoisotopic (exact) mass is 248 g/mol. The summed E-state index contributed by atoms with van der Waals surface area (Å²) in [4.78, 5) is 0. The van der Waals surface area contributed by atoms with Crippen LogP contribution in [0.1, 0.15) is 18.2 Å². The molecule has 0 saturated heterocycles. The van der Waals surface area contributed by atoms with Crippen molar-refractivity contribution < 1.29 is 0 Å². The molecule has 94 valence electrons. The van der Waals surface area contributed by atoms with Gasteiger partial charge in [-0.1, -0.05) is 54.6 Å². The molecule has 1 N–H and O–H groups in total. The Hall–Kier alpha value is -2.35. The average Bonchev–Trinajstić information content (AvgIpc) is 2.92. The van der Waals surface area contributed by atoms with E-state index in [9.17, 15) is 0 Å². The van der Waals surface area contributed by atoms with Crippen molar-refractivity contribution in [2.75, 3.05) is 0 Å². The van der Waals surface area contributed by atoms with E-state index in [1.807, 2.05) is 30.3 Å². The first-order valence-electron chi connectivity index (χ1n) is 6.38. The molecule has 0 aliphatic heterocycles. The predicted molar refractivity (Wildman–Crippen MR) is 79.2 cm³/mol. The maximum absolute atomic E-state index is 4.39. The molecular weight excluding hydrogens is 232 g/mol. The van der Waals surface area contributed by atoms with Gasteiger partial charge >= 0.3 is 0 Å². The van der Waals surface area contributed by atoms with Crippen molar-refractivity contribution in [3.05, 3.63) is 78.5 Å². The molecule has 0 aliphatic rings. The first kappa shape index (κ1) is 11.7. The fourth-order valence-electron chi connectivity index (χ4n) is 2.50. The Morgan fingerprint density at radius 3 is 2.47 bits per heavy atom. The molecule has 3 aromatic rings. The van der Waals surface area contributed by atoms with Gasteiger partial charge in [0.1, 0.15) is 0 Å². The largest absolute Gasteiger partial charge is 0.280 e. The number of para-hydroxylation sites is 1. The van der Waals surface area contributed by atoms with Crippen molar-refractivity contribution in [3.63, 3.8) is 0 Å². The molecule has 0 radical (unpaired) electrons. The zero-order valence-electron chi connectivity index (χ0n) is 10.9. The van der Waals surface area contributed by atoms with Crippen molar-refractivity contribution >= 4 is 10.9 Å². The second kappa shape index (κ2) is 4.39. The zero-order chi connectivity index (χ0) is 13.3. The van der Waals surface area contributed by atoms with Gasteiger partial charge in [-0.25, -0.2) is 0 Å². The van der Waals surface area contributed by atoms with Crippen molar-refractivity contribution in [1.82, 2.24) is 10.2 Å². The Morgan fingerprint density at radius 1 is 1.05 bits per heavy atom. The van der Waals surface area contributed by atoms with Crippen LogP contribution in [0.15, 0.2) is 67.3 Å². The van der Waals surface area contributed by atoms with Gasteiger partial charge in [-0.15, -0.1) is 6.58 Å². The first-order valence-corrected chi connectivity index (χ1v) is 6.38. The second-order valence-corrected chi connectivity index (χ2v) is 4.89. The van der Waals surface area contributed by atoms with Crippen LogP contribution in [-0.4, -0.2) is 10.2 Å². The van der Waals surface area contributed by atoms with E-state index in [0.717, 1.165) is 16.6 Å². The Morgan fingerprint density at radius 2 is 1.74 bits per heavy atom. The lowest BCUT2D eigenvalue weighted by Gasteiger charge is -2.25. The van der Waals surface area contributed by atoms with E-state index in [-0.39, 0.29) is 5.41 Å². The van der Waals surface area contributed by atoms with E-state index in [4.69, 9.17) is 0 Å². The Bertz CT molecular complexity index is 712. The molecule has 0 spiro atoms. The smallest absolute Gasteiger partial charge is 0.0924 e. The molecule has 0 amide bonds. The number of fused-ring (bicyclic) bond motifs is 1. The van der Waals surface area contributed by atoms with Gasteiger partial charge in [-0.05, 0) is 18.6 Å². The lowest BCUT2D eigenvalue weighted by atomic mass is 9.78. The van der Waals surface area contributed by atoms with E-state index in [0.29, 0.717) is 0 Å². The van der Waals surface area contributed by atoms with Crippen LogP contribution in [0.25, 0.3) is 10.9 Å². The summed E-state index contributed by atoms with van der Waals surface area (Å²) in [5, 5.41) is 8.71. The molecule has 0 saturated carbocycles. The highest BCUT2D eigenvalue weighted by atomic mass is 15.1. The molecular formula is C17H16N2. The summed E-state index contributed by atoms with van der Waals surface area (Å²) >= 11 is 0. The predicted octanol–water partition coefficient (Wildman–Crippen LogP) is 4.05. The SMILES string of the molecule is C=C[C@](C)(c1ccccc1)c1[nH]nc2ccccc12. The number of allylic oxidation sites excluding steroid dienone is 1. The minimum absolute atomic E-state index is 0.267. The molecule has 3 rings (SSSR count). The molecule has 1 atom stereocenters. The maximum atomic E-state index is 4.39. The van der Waals surface area contributed by atoms with E-state index in [1.165, 1.54) is 5.56 Å². The maximum Gasteiger partial charge on any atom is 0.0924 e. The van der Waals surface area contributed by atoms with Crippen LogP contribution in [0.3, 0.4) is 0 Å². The minimum Gasteiger partial charge on any atom is -0.280 e. The van der Waals surface area contributed by atoms with Crippen LogP contribution < -0.4 is 0 Å². The van der Waals surface area contributed by atoms with Crippen LogP contribution in [-0.2, 0) is 5.41 Å². The van der Waals surface area contributed by atoms with Crippen LogP contribution in [0, 0.1) is 0 Å². The summed E-state index contributed by atoms with van der Waals surface area (Å²) in [7, 11) is 0. The van der Waals surface area contributed by atoms with Crippen LogP contribution in [0.5, 0.6) is 0 Å². The Kier molecular flexibility index (Phi) is 2.71. The normalized spacial score (nSPS) is 14.2. The van der Waals surface area contributed by atoms with Gasteiger partial charge in [0, 0.05) is 5.39 Å². The quantitative estimate of drug-likeness (QED) is 0.696. The van der Waals surface area contributed by atoms with Crippen molar-refractivity contribution in [1.29, 1.82) is 0 Å². The molecule has 19 heavy (non-hydrogen) atoms. The van der Waals surface area contributed by atoms with Crippen LogP contribution in [0.2, 0.25) is 0 Å². The van der Waals surface area contributed by atoms with Crippen molar-refractivity contribution in [2.45, 2.75) is 12.3 Å². The molecule has 2 aromatic carbocycles. The molecule has 0 aliphatic carbocycles. The number of benzene rings is 2. The van der Waals surface area contributed by atoms with Crippen molar-refractivity contribution in [2.24, 2.45) is 0 Å². The molecule has 2 heteroatoms. The van der Waals surface area contributed by atoms with Gasteiger partial charge in [-0.2, -0.15) is 5.10 Å². The third-order valence-electron chi connectivity index (χ3n) is 3.76. The summed E-state index contributed by atoms with van der Waals surface area (Å²) < 4.78 is 0. The number of nitrogens with zero attached hydrogens (tertiary/aromatic N) is 1. The summed E-state index contributed by atoms with van der Waals surface area (Å²) in [6.45, 7) is 6.19. The van der Waals surface area contributed by atoms with E-state index < -0.39 is 0 Å². The molecule has 0 fully saturated rings. The number of aromatic nitrogens is 2. The molecule has 1 aromatic heterocycles.